The fraction of sp³-hybridized carbons (Fsp3) is 0.630. The second-order valence-electron chi connectivity index (χ2n) is 10.2. The molecule has 0 bridgehead atoms. The number of carbonyl (C=O) groups excluding carboxylic acids is 4. The van der Waals surface area contributed by atoms with Gasteiger partial charge in [-0.25, -0.2) is 0 Å². The van der Waals surface area contributed by atoms with Crippen LogP contribution in [0.2, 0.25) is 0 Å². The molecule has 2 N–H and O–H groups in total. The van der Waals surface area contributed by atoms with Crippen molar-refractivity contribution in [3.05, 3.63) is 23.8 Å². The van der Waals surface area contributed by atoms with Gasteiger partial charge in [0.15, 0.2) is 0 Å². The predicted molar refractivity (Wildman–Crippen MR) is 141 cm³/mol. The summed E-state index contributed by atoms with van der Waals surface area (Å²) in [5, 5.41) is 5.95. The molecule has 10 nitrogen and oxygen atoms in total. The van der Waals surface area contributed by atoms with Crippen LogP contribution in [0.15, 0.2) is 18.2 Å². The van der Waals surface area contributed by atoms with Crippen molar-refractivity contribution in [2.24, 2.45) is 5.92 Å². The largest absolute Gasteiger partial charge is 0.495 e. The van der Waals surface area contributed by atoms with Gasteiger partial charge in [-0.2, -0.15) is 0 Å². The molecule has 1 aliphatic rings. The first-order chi connectivity index (χ1) is 17.6. The van der Waals surface area contributed by atoms with Gasteiger partial charge in [-0.15, -0.1) is 0 Å². The highest BCUT2D eigenvalue weighted by atomic mass is 16.5. The van der Waals surface area contributed by atoms with E-state index in [-0.39, 0.29) is 36.9 Å². The molecule has 1 saturated carbocycles. The number of hydrogen-bond donors (Lipinski definition) is 2. The number of methoxy groups -OCH3 is 1. The van der Waals surface area contributed by atoms with Crippen LogP contribution in [0.25, 0.3) is 0 Å². The van der Waals surface area contributed by atoms with Crippen molar-refractivity contribution in [1.29, 1.82) is 0 Å². The Bertz CT molecular complexity index is 933. The summed E-state index contributed by atoms with van der Waals surface area (Å²) in [6.07, 6.45) is 4.68. The van der Waals surface area contributed by atoms with E-state index in [1.54, 1.807) is 50.9 Å². The number of carbonyl (C=O) groups is 4. The predicted octanol–water partition coefficient (Wildman–Crippen LogP) is 2.56. The van der Waals surface area contributed by atoms with E-state index in [0.29, 0.717) is 43.3 Å². The number of benzene rings is 1. The van der Waals surface area contributed by atoms with Crippen LogP contribution in [0.4, 0.5) is 5.69 Å². The van der Waals surface area contributed by atoms with E-state index in [1.807, 2.05) is 6.92 Å². The van der Waals surface area contributed by atoms with Crippen molar-refractivity contribution in [3.63, 3.8) is 0 Å². The Labute approximate surface area is 220 Å². The summed E-state index contributed by atoms with van der Waals surface area (Å²) in [5.41, 5.74) is 0.163. The number of likely N-dealkylation sites (N-methyl/N-ethyl adjacent to an activating group) is 1. The highest BCUT2D eigenvalue weighted by Gasteiger charge is 2.39. The number of hydrogen-bond acceptors (Lipinski definition) is 7. The number of nitrogens with one attached hydrogen (secondary N) is 2. The third-order valence-corrected chi connectivity index (χ3v) is 6.85. The van der Waals surface area contributed by atoms with Gasteiger partial charge < -0.3 is 29.9 Å². The fourth-order valence-corrected chi connectivity index (χ4v) is 4.30. The SMILES string of the molecule is CCOC(=O)CC(C)NCC(CC1CC1)N(C)C(=O)C(C)(C)N(C=O)Cc1ccc(NC=O)c(OC)c1. The molecule has 1 fully saturated rings. The number of rotatable bonds is 17. The van der Waals surface area contributed by atoms with E-state index >= 15 is 0 Å². The van der Waals surface area contributed by atoms with Gasteiger partial charge in [0.25, 0.3) is 0 Å². The zero-order chi connectivity index (χ0) is 27.6. The average Bonchev–Trinajstić information content (AvgIpc) is 3.69. The maximum Gasteiger partial charge on any atom is 0.307 e. The van der Waals surface area contributed by atoms with Crippen molar-refractivity contribution in [1.82, 2.24) is 15.1 Å². The lowest BCUT2D eigenvalue weighted by atomic mass is 9.98. The highest BCUT2D eigenvalue weighted by molar-refractivity contribution is 5.87. The van der Waals surface area contributed by atoms with Crippen LogP contribution in [-0.4, -0.2) is 79.4 Å². The maximum atomic E-state index is 13.7. The molecule has 0 heterocycles. The normalized spacial score (nSPS) is 14.8. The minimum Gasteiger partial charge on any atom is -0.495 e. The van der Waals surface area contributed by atoms with Crippen molar-refractivity contribution < 1.29 is 28.7 Å². The Morgan fingerprint density at radius 2 is 1.95 bits per heavy atom. The lowest BCUT2D eigenvalue weighted by molar-refractivity contribution is -0.148. The first-order valence-corrected chi connectivity index (χ1v) is 12.8. The topological polar surface area (TPSA) is 117 Å². The van der Waals surface area contributed by atoms with E-state index in [4.69, 9.17) is 9.47 Å². The fourth-order valence-electron chi connectivity index (χ4n) is 4.30. The smallest absolute Gasteiger partial charge is 0.307 e. The molecule has 10 heteroatoms. The van der Waals surface area contributed by atoms with Crippen LogP contribution < -0.4 is 15.4 Å². The maximum absolute atomic E-state index is 13.7. The van der Waals surface area contributed by atoms with Gasteiger partial charge >= 0.3 is 5.97 Å². The number of esters is 1. The summed E-state index contributed by atoms with van der Waals surface area (Å²) in [7, 11) is 3.28. The molecule has 1 aromatic carbocycles. The van der Waals surface area contributed by atoms with Crippen LogP contribution in [0.1, 0.15) is 58.9 Å². The summed E-state index contributed by atoms with van der Waals surface area (Å²) < 4.78 is 10.4. The summed E-state index contributed by atoms with van der Waals surface area (Å²) in [5.74, 6) is 0.624. The first kappa shape index (κ1) is 30.1. The molecule has 0 saturated heterocycles. The van der Waals surface area contributed by atoms with Gasteiger partial charge in [0.2, 0.25) is 18.7 Å². The van der Waals surface area contributed by atoms with Crippen LogP contribution >= 0.6 is 0 Å². The van der Waals surface area contributed by atoms with E-state index in [9.17, 15) is 19.2 Å². The van der Waals surface area contributed by atoms with Crippen molar-refractivity contribution in [2.45, 2.75) is 77.5 Å². The summed E-state index contributed by atoms with van der Waals surface area (Å²) >= 11 is 0. The summed E-state index contributed by atoms with van der Waals surface area (Å²) in [6, 6.07) is 5.04. The van der Waals surface area contributed by atoms with E-state index in [1.165, 1.54) is 12.0 Å². The molecule has 1 aromatic rings. The van der Waals surface area contributed by atoms with Crippen molar-refractivity contribution in [3.8, 4) is 5.75 Å². The van der Waals surface area contributed by atoms with Crippen LogP contribution in [-0.2, 0) is 30.5 Å². The van der Waals surface area contributed by atoms with Crippen LogP contribution in [0, 0.1) is 5.92 Å². The average molecular weight is 519 g/mol. The molecule has 0 aliphatic heterocycles. The monoisotopic (exact) mass is 518 g/mol. The number of amides is 3. The van der Waals surface area contributed by atoms with Gasteiger partial charge in [-0.1, -0.05) is 18.9 Å². The molecule has 3 amide bonds. The Morgan fingerprint density at radius 1 is 1.24 bits per heavy atom. The molecule has 206 valence electrons. The highest BCUT2D eigenvalue weighted by Crippen LogP contribution is 2.35. The number of nitrogens with zero attached hydrogens (tertiary/aromatic N) is 2. The molecule has 1 aliphatic carbocycles. The lowest BCUT2D eigenvalue weighted by Gasteiger charge is -2.40. The number of anilines is 1. The van der Waals surface area contributed by atoms with Crippen molar-refractivity contribution in [2.75, 3.05) is 32.6 Å². The molecule has 0 aromatic heterocycles. The second kappa shape index (κ2) is 14.0. The van der Waals surface area contributed by atoms with Gasteiger partial charge in [0, 0.05) is 32.2 Å². The Morgan fingerprint density at radius 3 is 2.51 bits per heavy atom. The van der Waals surface area contributed by atoms with Crippen LogP contribution in [0.5, 0.6) is 5.75 Å². The second-order valence-corrected chi connectivity index (χ2v) is 10.2. The van der Waals surface area contributed by atoms with Gasteiger partial charge in [0.05, 0.1) is 25.8 Å². The Kier molecular flexibility index (Phi) is 11.4. The van der Waals surface area contributed by atoms with E-state index in [2.05, 4.69) is 10.6 Å². The van der Waals surface area contributed by atoms with Crippen molar-refractivity contribution >= 4 is 30.4 Å². The van der Waals surface area contributed by atoms with Crippen LogP contribution in [0.3, 0.4) is 0 Å². The minimum absolute atomic E-state index is 0.0776. The Balaban J connectivity index is 2.12. The standard InChI is InChI=1S/C27H42N4O6/c1-7-37-25(34)12-19(2)28-15-22(13-20-8-9-20)30(5)26(35)27(3,4)31(18-33)16-21-10-11-23(29-17-32)24(14-21)36-6/h10-11,14,17-20,22,28H,7-9,12-13,15-16H2,1-6H3,(H,29,32). The van der Waals surface area contributed by atoms with E-state index in [0.717, 1.165) is 24.8 Å². The molecule has 0 radical (unpaired) electrons. The third-order valence-electron chi connectivity index (χ3n) is 6.85. The number of ether oxygens (including phenoxy) is 2. The summed E-state index contributed by atoms with van der Waals surface area (Å²) in [6.45, 7) is 8.27. The molecule has 2 atom stereocenters. The Hall–Kier alpha value is -3.14. The molecular weight excluding hydrogens is 476 g/mol. The van der Waals surface area contributed by atoms with Gasteiger partial charge in [-0.3, -0.25) is 19.2 Å². The van der Waals surface area contributed by atoms with E-state index < -0.39 is 5.54 Å². The minimum atomic E-state index is -1.11. The third kappa shape index (κ3) is 8.73. The zero-order valence-electron chi connectivity index (χ0n) is 22.9. The molecular formula is C27H42N4O6. The molecule has 2 unspecified atom stereocenters. The van der Waals surface area contributed by atoms with Gasteiger partial charge in [-0.05, 0) is 57.7 Å². The quantitative estimate of drug-likeness (QED) is 0.240. The molecule has 0 spiro atoms. The van der Waals surface area contributed by atoms with Gasteiger partial charge in [0.1, 0.15) is 11.3 Å². The first-order valence-electron chi connectivity index (χ1n) is 12.8. The summed E-state index contributed by atoms with van der Waals surface area (Å²) in [4.78, 5) is 51.7. The zero-order valence-corrected chi connectivity index (χ0v) is 22.9. The lowest BCUT2D eigenvalue weighted by Crippen LogP contribution is -2.58. The molecule has 2 rings (SSSR count). The molecule has 37 heavy (non-hydrogen) atoms.